The zero-order chi connectivity index (χ0) is 13.9. The molecule has 0 amide bonds. The Balaban J connectivity index is 2.26. The van der Waals surface area contributed by atoms with Crippen LogP contribution in [0.15, 0.2) is 42.5 Å². The van der Waals surface area contributed by atoms with Gasteiger partial charge in [0, 0.05) is 12.2 Å². The number of nitrogens with one attached hydrogen (secondary N) is 2. The predicted octanol–water partition coefficient (Wildman–Crippen LogP) is 2.19. The second-order valence-electron chi connectivity index (χ2n) is 4.58. The van der Waals surface area contributed by atoms with E-state index in [1.165, 1.54) is 0 Å². The molecule has 0 aromatic heterocycles. The van der Waals surface area contributed by atoms with Crippen molar-refractivity contribution in [3.8, 4) is 0 Å². The molecule has 0 bridgehead atoms. The number of fused-ring (bicyclic) bond motifs is 1. The molecular formula is C14H18N2O2S. The van der Waals surface area contributed by atoms with Gasteiger partial charge in [0.25, 0.3) is 0 Å². The SMILES string of the molecule is CNCC(C)S(=O)(=O)Nc1ccc2ccccc2c1. The van der Waals surface area contributed by atoms with Crippen molar-refractivity contribution in [3.63, 3.8) is 0 Å². The van der Waals surface area contributed by atoms with Crippen molar-refractivity contribution in [2.45, 2.75) is 12.2 Å². The third kappa shape index (κ3) is 3.24. The standard InChI is InChI=1S/C14H18N2O2S/c1-11(10-15-2)19(17,18)16-14-8-7-12-5-3-4-6-13(12)9-14/h3-9,11,15-16H,10H2,1-2H3. The Morgan fingerprint density at radius 2 is 1.79 bits per heavy atom. The minimum atomic E-state index is -3.36. The number of rotatable bonds is 5. The van der Waals surface area contributed by atoms with E-state index in [1.807, 2.05) is 36.4 Å². The summed E-state index contributed by atoms with van der Waals surface area (Å²) >= 11 is 0. The van der Waals surface area contributed by atoms with E-state index in [2.05, 4.69) is 10.0 Å². The number of hydrogen-bond acceptors (Lipinski definition) is 3. The van der Waals surface area contributed by atoms with Gasteiger partial charge in [0.05, 0.1) is 5.25 Å². The van der Waals surface area contributed by atoms with E-state index in [4.69, 9.17) is 0 Å². The summed E-state index contributed by atoms with van der Waals surface area (Å²) in [5.41, 5.74) is 0.599. The van der Waals surface area contributed by atoms with Gasteiger partial charge in [0.15, 0.2) is 0 Å². The van der Waals surface area contributed by atoms with Crippen LogP contribution >= 0.6 is 0 Å². The summed E-state index contributed by atoms with van der Waals surface area (Å²) in [4.78, 5) is 0. The van der Waals surface area contributed by atoms with E-state index in [9.17, 15) is 8.42 Å². The van der Waals surface area contributed by atoms with Crippen LogP contribution < -0.4 is 10.0 Å². The first-order valence-electron chi connectivity index (χ1n) is 6.18. The van der Waals surface area contributed by atoms with Crippen molar-refractivity contribution in [2.24, 2.45) is 0 Å². The summed E-state index contributed by atoms with van der Waals surface area (Å²) in [6.45, 7) is 2.10. The summed E-state index contributed by atoms with van der Waals surface area (Å²) in [5.74, 6) is 0. The van der Waals surface area contributed by atoms with Gasteiger partial charge in [-0.2, -0.15) is 0 Å². The molecule has 1 atom stereocenters. The highest BCUT2D eigenvalue weighted by atomic mass is 32.2. The Hall–Kier alpha value is -1.59. The lowest BCUT2D eigenvalue weighted by atomic mass is 10.1. The van der Waals surface area contributed by atoms with Crippen LogP contribution in [0.25, 0.3) is 10.8 Å². The predicted molar refractivity (Wildman–Crippen MR) is 79.9 cm³/mol. The summed E-state index contributed by atoms with van der Waals surface area (Å²) in [6, 6.07) is 13.4. The molecule has 0 aliphatic rings. The lowest BCUT2D eigenvalue weighted by molar-refractivity contribution is 0.584. The minimum Gasteiger partial charge on any atom is -0.318 e. The van der Waals surface area contributed by atoms with Crippen molar-refractivity contribution in [3.05, 3.63) is 42.5 Å². The Morgan fingerprint density at radius 1 is 1.11 bits per heavy atom. The van der Waals surface area contributed by atoms with Crippen LogP contribution in [0.2, 0.25) is 0 Å². The Kier molecular flexibility index (Phi) is 4.07. The molecule has 0 spiro atoms. The van der Waals surface area contributed by atoms with Gasteiger partial charge in [-0.15, -0.1) is 0 Å². The van der Waals surface area contributed by atoms with Gasteiger partial charge >= 0.3 is 0 Å². The smallest absolute Gasteiger partial charge is 0.236 e. The van der Waals surface area contributed by atoms with E-state index in [0.717, 1.165) is 10.8 Å². The van der Waals surface area contributed by atoms with Crippen LogP contribution in [-0.4, -0.2) is 27.3 Å². The van der Waals surface area contributed by atoms with E-state index in [-0.39, 0.29) is 0 Å². The molecule has 5 heteroatoms. The monoisotopic (exact) mass is 278 g/mol. The molecule has 0 fully saturated rings. The highest BCUT2D eigenvalue weighted by molar-refractivity contribution is 7.93. The molecule has 0 saturated carbocycles. The second kappa shape index (κ2) is 5.59. The van der Waals surface area contributed by atoms with Gasteiger partial charge in [-0.3, -0.25) is 4.72 Å². The van der Waals surface area contributed by atoms with Gasteiger partial charge in [-0.1, -0.05) is 30.3 Å². The molecule has 2 aromatic carbocycles. The normalized spacial score (nSPS) is 13.4. The van der Waals surface area contributed by atoms with Crippen molar-refractivity contribution >= 4 is 26.5 Å². The second-order valence-corrected chi connectivity index (χ2v) is 6.68. The van der Waals surface area contributed by atoms with Crippen LogP contribution in [-0.2, 0) is 10.0 Å². The average Bonchev–Trinajstić information content (AvgIpc) is 2.38. The topological polar surface area (TPSA) is 58.2 Å². The Bertz CT molecular complexity index is 668. The summed E-state index contributed by atoms with van der Waals surface area (Å²) in [7, 11) is -1.62. The molecule has 1 unspecified atom stereocenters. The van der Waals surface area contributed by atoms with E-state index in [1.54, 1.807) is 20.0 Å². The van der Waals surface area contributed by atoms with Crippen molar-refractivity contribution in [1.29, 1.82) is 0 Å². The minimum absolute atomic E-state index is 0.420. The quantitative estimate of drug-likeness (QED) is 0.881. The van der Waals surface area contributed by atoms with Crippen LogP contribution in [0, 0.1) is 0 Å². The van der Waals surface area contributed by atoms with Gasteiger partial charge in [-0.25, -0.2) is 8.42 Å². The van der Waals surface area contributed by atoms with Crippen LogP contribution in [0.5, 0.6) is 0 Å². The Morgan fingerprint density at radius 3 is 2.47 bits per heavy atom. The van der Waals surface area contributed by atoms with Crippen LogP contribution in [0.3, 0.4) is 0 Å². The van der Waals surface area contributed by atoms with Crippen LogP contribution in [0.4, 0.5) is 5.69 Å². The lowest BCUT2D eigenvalue weighted by Gasteiger charge is -2.14. The summed E-state index contributed by atoms with van der Waals surface area (Å²) in [6.07, 6.45) is 0. The Labute approximate surface area is 113 Å². The third-order valence-electron chi connectivity index (χ3n) is 3.03. The number of anilines is 1. The van der Waals surface area contributed by atoms with Gasteiger partial charge in [0.1, 0.15) is 0 Å². The molecule has 0 saturated heterocycles. The molecule has 0 aliphatic heterocycles. The third-order valence-corrected chi connectivity index (χ3v) is 4.78. The van der Waals surface area contributed by atoms with Crippen molar-refractivity contribution in [2.75, 3.05) is 18.3 Å². The highest BCUT2D eigenvalue weighted by Crippen LogP contribution is 2.20. The maximum absolute atomic E-state index is 12.1. The van der Waals surface area contributed by atoms with Gasteiger partial charge in [-0.05, 0) is 36.9 Å². The first-order valence-corrected chi connectivity index (χ1v) is 7.72. The molecule has 4 nitrogen and oxygen atoms in total. The molecule has 19 heavy (non-hydrogen) atoms. The highest BCUT2D eigenvalue weighted by Gasteiger charge is 2.19. The fourth-order valence-corrected chi connectivity index (χ4v) is 2.96. The molecule has 2 N–H and O–H groups in total. The molecule has 0 heterocycles. The molecule has 2 aromatic rings. The molecule has 0 radical (unpaired) electrons. The van der Waals surface area contributed by atoms with E-state index < -0.39 is 15.3 Å². The maximum Gasteiger partial charge on any atom is 0.236 e. The fourth-order valence-electron chi connectivity index (χ4n) is 1.91. The van der Waals surface area contributed by atoms with E-state index >= 15 is 0 Å². The lowest BCUT2D eigenvalue weighted by Crippen LogP contribution is -2.33. The number of hydrogen-bond donors (Lipinski definition) is 2. The van der Waals surface area contributed by atoms with Crippen molar-refractivity contribution in [1.82, 2.24) is 5.32 Å². The first-order chi connectivity index (χ1) is 9.03. The van der Waals surface area contributed by atoms with Gasteiger partial charge in [0.2, 0.25) is 10.0 Å². The largest absolute Gasteiger partial charge is 0.318 e. The molecule has 102 valence electrons. The number of sulfonamides is 1. The van der Waals surface area contributed by atoms with Crippen molar-refractivity contribution < 1.29 is 8.42 Å². The zero-order valence-corrected chi connectivity index (χ0v) is 11.9. The average molecular weight is 278 g/mol. The molecule has 0 aliphatic carbocycles. The zero-order valence-electron chi connectivity index (χ0n) is 11.1. The van der Waals surface area contributed by atoms with Gasteiger partial charge < -0.3 is 5.32 Å². The fraction of sp³-hybridized carbons (Fsp3) is 0.286. The molecular weight excluding hydrogens is 260 g/mol. The van der Waals surface area contributed by atoms with Crippen LogP contribution in [0.1, 0.15) is 6.92 Å². The maximum atomic E-state index is 12.1. The summed E-state index contributed by atoms with van der Waals surface area (Å²) < 4.78 is 26.8. The molecule has 2 rings (SSSR count). The number of benzene rings is 2. The van der Waals surface area contributed by atoms with E-state index in [0.29, 0.717) is 12.2 Å². The summed E-state index contributed by atoms with van der Waals surface area (Å²) in [5, 5.41) is 4.50. The first kappa shape index (κ1) is 13.8.